The Kier molecular flexibility index (Phi) is 4.31. The maximum absolute atomic E-state index is 5.92. The Hall–Kier alpha value is -2.21. The summed E-state index contributed by atoms with van der Waals surface area (Å²) in [5.41, 5.74) is 8.58. The molecular formula is C21H21N3S2. The van der Waals surface area contributed by atoms with Crippen molar-refractivity contribution in [2.75, 3.05) is 5.43 Å². The molecule has 3 nitrogen and oxygen atoms in total. The van der Waals surface area contributed by atoms with Crippen LogP contribution >= 0.6 is 22.7 Å². The molecule has 0 saturated heterocycles. The average Bonchev–Trinajstić information content (AvgIpc) is 3.13. The molecule has 0 radical (unpaired) electrons. The van der Waals surface area contributed by atoms with Gasteiger partial charge >= 0.3 is 0 Å². The van der Waals surface area contributed by atoms with E-state index in [4.69, 9.17) is 10.8 Å². The Labute approximate surface area is 161 Å². The third-order valence-corrected chi connectivity index (χ3v) is 6.58. The Morgan fingerprint density at radius 3 is 1.96 bits per heavy atom. The van der Waals surface area contributed by atoms with Crippen LogP contribution in [0.15, 0.2) is 36.4 Å². The Morgan fingerprint density at radius 2 is 1.42 bits per heavy atom. The van der Waals surface area contributed by atoms with Crippen molar-refractivity contribution in [2.45, 2.75) is 27.7 Å². The number of nitrogen functional groups attached to an aromatic ring is 1. The van der Waals surface area contributed by atoms with E-state index in [1.165, 1.54) is 36.2 Å². The smallest absolute Gasteiger partial charge is 0.149 e. The topological polar surface area (TPSA) is 50.9 Å². The second-order valence-corrected chi connectivity index (χ2v) is 9.45. The monoisotopic (exact) mass is 379 g/mol. The number of nitrogens with zero attached hydrogens (tertiary/aromatic N) is 1. The molecule has 0 fully saturated rings. The third kappa shape index (κ3) is 2.72. The number of nitrogens with one attached hydrogen (secondary N) is 1. The maximum Gasteiger partial charge on any atom is 0.149 e. The van der Waals surface area contributed by atoms with Crippen LogP contribution in [-0.2, 0) is 0 Å². The number of hydrazine groups is 1. The second kappa shape index (κ2) is 6.50. The van der Waals surface area contributed by atoms with Gasteiger partial charge in [-0.1, -0.05) is 18.2 Å². The van der Waals surface area contributed by atoms with Crippen LogP contribution in [0.2, 0.25) is 0 Å². The van der Waals surface area contributed by atoms with E-state index in [0.717, 1.165) is 22.3 Å². The van der Waals surface area contributed by atoms with Gasteiger partial charge in [0.05, 0.1) is 5.52 Å². The molecule has 0 aliphatic heterocycles. The highest BCUT2D eigenvalue weighted by Gasteiger charge is 2.22. The van der Waals surface area contributed by atoms with Crippen LogP contribution in [0.25, 0.3) is 33.2 Å². The van der Waals surface area contributed by atoms with Crippen molar-refractivity contribution in [3.63, 3.8) is 0 Å². The van der Waals surface area contributed by atoms with Gasteiger partial charge in [-0.3, -0.25) is 0 Å². The lowest BCUT2D eigenvalue weighted by atomic mass is 9.92. The largest absolute Gasteiger partial charge is 0.308 e. The molecule has 4 rings (SSSR count). The van der Waals surface area contributed by atoms with Crippen molar-refractivity contribution in [1.82, 2.24) is 4.98 Å². The highest BCUT2D eigenvalue weighted by atomic mass is 32.1. The highest BCUT2D eigenvalue weighted by molar-refractivity contribution is 7.12. The number of hydrogen-bond donors (Lipinski definition) is 2. The molecule has 26 heavy (non-hydrogen) atoms. The van der Waals surface area contributed by atoms with Gasteiger partial charge in [0.15, 0.2) is 0 Å². The van der Waals surface area contributed by atoms with Crippen molar-refractivity contribution >= 4 is 39.4 Å². The summed E-state index contributed by atoms with van der Waals surface area (Å²) in [4.78, 5) is 10.0. The predicted molar refractivity (Wildman–Crippen MR) is 115 cm³/mol. The molecule has 5 heteroatoms. The molecule has 3 N–H and O–H groups in total. The van der Waals surface area contributed by atoms with Gasteiger partial charge < -0.3 is 5.43 Å². The molecule has 0 bridgehead atoms. The fourth-order valence-electron chi connectivity index (χ4n) is 3.62. The molecule has 0 amide bonds. The number of benzene rings is 1. The summed E-state index contributed by atoms with van der Waals surface area (Å²) in [6.07, 6.45) is 0. The summed E-state index contributed by atoms with van der Waals surface area (Å²) in [5, 5.41) is 1.16. The molecule has 0 saturated carbocycles. The highest BCUT2D eigenvalue weighted by Crippen LogP contribution is 2.46. The minimum atomic E-state index is 0.725. The average molecular weight is 380 g/mol. The molecule has 0 aliphatic rings. The quantitative estimate of drug-likeness (QED) is 0.328. The Balaban J connectivity index is 2.20. The van der Waals surface area contributed by atoms with E-state index < -0.39 is 0 Å². The number of fused-ring (bicyclic) bond motifs is 1. The third-order valence-electron chi connectivity index (χ3n) is 4.65. The zero-order valence-electron chi connectivity index (χ0n) is 15.3. The molecule has 0 unspecified atom stereocenters. The summed E-state index contributed by atoms with van der Waals surface area (Å²) in [7, 11) is 0. The minimum absolute atomic E-state index is 0.725. The summed E-state index contributed by atoms with van der Waals surface area (Å²) in [6.45, 7) is 8.66. The van der Waals surface area contributed by atoms with Crippen LogP contribution in [-0.4, -0.2) is 4.98 Å². The number of aromatic nitrogens is 1. The van der Waals surface area contributed by atoms with Crippen LogP contribution in [0.1, 0.15) is 19.5 Å². The Bertz CT molecular complexity index is 1120. The lowest BCUT2D eigenvalue weighted by molar-refractivity contribution is 1.26. The van der Waals surface area contributed by atoms with E-state index in [0.29, 0.717) is 0 Å². The normalized spacial score (nSPS) is 11.3. The van der Waals surface area contributed by atoms with Gasteiger partial charge in [0.25, 0.3) is 0 Å². The van der Waals surface area contributed by atoms with E-state index in [2.05, 4.69) is 57.4 Å². The van der Waals surface area contributed by atoms with Gasteiger partial charge in [0, 0.05) is 36.0 Å². The van der Waals surface area contributed by atoms with Gasteiger partial charge in [0.1, 0.15) is 5.82 Å². The van der Waals surface area contributed by atoms with Crippen LogP contribution in [0.4, 0.5) is 5.82 Å². The summed E-state index contributed by atoms with van der Waals surface area (Å²) < 4.78 is 0. The predicted octanol–water partition coefficient (Wildman–Crippen LogP) is 6.21. The fourth-order valence-corrected chi connectivity index (χ4v) is 5.48. The number of anilines is 1. The van der Waals surface area contributed by atoms with E-state index in [-0.39, 0.29) is 0 Å². The number of thiophene rings is 2. The van der Waals surface area contributed by atoms with E-state index in [1.807, 2.05) is 34.8 Å². The zero-order chi connectivity index (χ0) is 18.4. The number of para-hydroxylation sites is 1. The molecule has 0 spiro atoms. The minimum Gasteiger partial charge on any atom is -0.308 e. The van der Waals surface area contributed by atoms with Crippen molar-refractivity contribution in [2.24, 2.45) is 5.84 Å². The SMILES string of the molecule is Cc1cc(-c2c(NN)nc3ccccc3c2-c2cc(C)sc2C)c(C)s1. The molecule has 3 aromatic heterocycles. The van der Waals surface area contributed by atoms with E-state index in [1.54, 1.807) is 0 Å². The molecule has 3 heterocycles. The lowest BCUT2D eigenvalue weighted by Crippen LogP contribution is -2.11. The van der Waals surface area contributed by atoms with E-state index in [9.17, 15) is 0 Å². The first-order valence-electron chi connectivity index (χ1n) is 8.53. The van der Waals surface area contributed by atoms with Gasteiger partial charge in [-0.15, -0.1) is 22.7 Å². The number of rotatable bonds is 3. The number of pyridine rings is 1. The summed E-state index contributed by atoms with van der Waals surface area (Å²) >= 11 is 3.64. The first-order chi connectivity index (χ1) is 12.5. The van der Waals surface area contributed by atoms with Gasteiger partial charge in [-0.05, 0) is 57.0 Å². The molecule has 0 aliphatic carbocycles. The van der Waals surface area contributed by atoms with Crippen LogP contribution in [0.3, 0.4) is 0 Å². The summed E-state index contributed by atoms with van der Waals surface area (Å²) in [5.74, 6) is 6.64. The van der Waals surface area contributed by atoms with Gasteiger partial charge in [-0.25, -0.2) is 10.8 Å². The summed E-state index contributed by atoms with van der Waals surface area (Å²) in [6, 6.07) is 12.8. The standard InChI is InChI=1S/C21H21N3S2/c1-11-9-16(13(3)25-11)19-15-7-5-6-8-18(15)23-21(24-22)20(19)17-10-12(2)26-14(17)4/h5-10H,22H2,1-4H3,(H,23,24). The van der Waals surface area contributed by atoms with Crippen LogP contribution in [0, 0.1) is 27.7 Å². The number of hydrogen-bond acceptors (Lipinski definition) is 5. The number of aryl methyl sites for hydroxylation is 4. The zero-order valence-corrected chi connectivity index (χ0v) is 16.9. The molecule has 0 atom stereocenters. The fraction of sp³-hybridized carbons (Fsp3) is 0.190. The van der Waals surface area contributed by atoms with E-state index >= 15 is 0 Å². The van der Waals surface area contributed by atoms with Crippen molar-refractivity contribution in [3.05, 3.63) is 55.9 Å². The lowest BCUT2D eigenvalue weighted by Gasteiger charge is -2.17. The number of nitrogens with two attached hydrogens (primary N) is 1. The second-order valence-electron chi connectivity index (χ2n) is 6.53. The van der Waals surface area contributed by atoms with Crippen molar-refractivity contribution < 1.29 is 0 Å². The molecule has 4 aromatic rings. The van der Waals surface area contributed by atoms with Crippen LogP contribution in [0.5, 0.6) is 0 Å². The molecule has 132 valence electrons. The first kappa shape index (κ1) is 17.2. The first-order valence-corrected chi connectivity index (χ1v) is 10.2. The van der Waals surface area contributed by atoms with Gasteiger partial charge in [-0.2, -0.15) is 0 Å². The molecule has 1 aromatic carbocycles. The van der Waals surface area contributed by atoms with Crippen molar-refractivity contribution in [1.29, 1.82) is 0 Å². The Morgan fingerprint density at radius 1 is 0.846 bits per heavy atom. The maximum atomic E-state index is 5.92. The van der Waals surface area contributed by atoms with Crippen LogP contribution < -0.4 is 11.3 Å². The van der Waals surface area contributed by atoms with Gasteiger partial charge in [0.2, 0.25) is 0 Å². The molecular weight excluding hydrogens is 358 g/mol. The van der Waals surface area contributed by atoms with Crippen molar-refractivity contribution in [3.8, 4) is 22.3 Å².